The number of nitriles is 1. The van der Waals surface area contributed by atoms with E-state index in [9.17, 15) is 9.59 Å². The first kappa shape index (κ1) is 21.4. The highest BCUT2D eigenvalue weighted by Gasteiger charge is 2.47. The van der Waals surface area contributed by atoms with E-state index < -0.39 is 6.04 Å². The molecule has 1 heterocycles. The first-order valence-electron chi connectivity index (χ1n) is 10.9. The Morgan fingerprint density at radius 3 is 2.61 bits per heavy atom. The van der Waals surface area contributed by atoms with E-state index in [1.165, 1.54) is 0 Å². The van der Waals surface area contributed by atoms with Gasteiger partial charge in [-0.15, -0.1) is 0 Å². The van der Waals surface area contributed by atoms with Crippen LogP contribution in [-0.2, 0) is 4.79 Å². The van der Waals surface area contributed by atoms with Crippen LogP contribution in [-0.4, -0.2) is 28.8 Å². The second kappa shape index (κ2) is 9.11. The molecule has 4 unspecified atom stereocenters. The number of halogens is 1. The number of rotatable bonds is 4. The van der Waals surface area contributed by atoms with E-state index in [4.69, 9.17) is 16.9 Å². The van der Waals surface area contributed by atoms with Crippen molar-refractivity contribution < 1.29 is 9.59 Å². The number of nitrogens with zero attached hydrogens (tertiary/aromatic N) is 2. The average Bonchev–Trinajstić information content (AvgIpc) is 3.18. The van der Waals surface area contributed by atoms with Crippen LogP contribution in [0.1, 0.15) is 66.6 Å². The summed E-state index contributed by atoms with van der Waals surface area (Å²) in [7, 11) is 0. The molecule has 2 amide bonds. The quantitative estimate of drug-likeness (QED) is 0.745. The van der Waals surface area contributed by atoms with E-state index >= 15 is 0 Å². The van der Waals surface area contributed by atoms with Crippen LogP contribution >= 0.6 is 11.6 Å². The van der Waals surface area contributed by atoms with E-state index in [1.807, 2.05) is 24.0 Å². The fraction of sp³-hybridized carbons (Fsp3) is 0.400. The molecule has 0 spiro atoms. The van der Waals surface area contributed by atoms with Crippen molar-refractivity contribution in [2.75, 3.05) is 0 Å². The van der Waals surface area contributed by atoms with Crippen LogP contribution in [0.4, 0.5) is 0 Å². The Morgan fingerprint density at radius 1 is 1.16 bits per heavy atom. The molecular formula is C25H26ClN3O2. The Morgan fingerprint density at radius 2 is 1.90 bits per heavy atom. The minimum Gasteiger partial charge on any atom is -0.348 e. The Kier molecular flexibility index (Phi) is 6.29. The van der Waals surface area contributed by atoms with Crippen LogP contribution in [0.5, 0.6) is 0 Å². The van der Waals surface area contributed by atoms with Gasteiger partial charge in [-0.1, -0.05) is 42.6 Å². The summed E-state index contributed by atoms with van der Waals surface area (Å²) in [5.74, 6) is 0.113. The zero-order chi connectivity index (χ0) is 22.0. The zero-order valence-corrected chi connectivity index (χ0v) is 18.3. The fourth-order valence-electron chi connectivity index (χ4n) is 5.00. The van der Waals surface area contributed by atoms with Gasteiger partial charge in [-0.05, 0) is 68.0 Å². The number of benzene rings is 2. The third-order valence-corrected chi connectivity index (χ3v) is 6.83. The summed E-state index contributed by atoms with van der Waals surface area (Å²) in [6, 6.07) is 15.7. The summed E-state index contributed by atoms with van der Waals surface area (Å²) >= 11 is 6.12. The molecule has 4 rings (SSSR count). The predicted octanol–water partition coefficient (Wildman–Crippen LogP) is 4.86. The third-order valence-electron chi connectivity index (χ3n) is 6.60. The first-order valence-corrected chi connectivity index (χ1v) is 11.2. The largest absolute Gasteiger partial charge is 0.348 e. The smallest absolute Gasteiger partial charge is 0.254 e. The standard InChI is InChI=1S/C25H26ClN3O2/c1-16(18-11-9-17(15-27)10-12-18)28-24(30)23-14-19-5-2-3-8-22(19)29(23)25(31)20-6-4-7-21(26)13-20/h4,6-7,9-13,16,19,22-23H,2-3,5,8,14H2,1H3,(H,28,30). The molecule has 6 heteroatoms. The molecule has 0 bridgehead atoms. The zero-order valence-electron chi connectivity index (χ0n) is 17.6. The lowest BCUT2D eigenvalue weighted by molar-refractivity contribution is -0.125. The summed E-state index contributed by atoms with van der Waals surface area (Å²) in [5, 5.41) is 12.6. The summed E-state index contributed by atoms with van der Waals surface area (Å²) < 4.78 is 0. The number of likely N-dealkylation sites (tertiary alicyclic amines) is 1. The molecule has 31 heavy (non-hydrogen) atoms. The minimum atomic E-state index is -0.486. The highest BCUT2D eigenvalue weighted by molar-refractivity contribution is 6.31. The van der Waals surface area contributed by atoms with Gasteiger partial charge in [0, 0.05) is 16.6 Å². The molecule has 4 atom stereocenters. The maximum Gasteiger partial charge on any atom is 0.254 e. The average molecular weight is 436 g/mol. The lowest BCUT2D eigenvalue weighted by Gasteiger charge is -2.34. The molecule has 2 fully saturated rings. The SMILES string of the molecule is CC(NC(=O)C1CC2CCCCC2N1C(=O)c1cccc(Cl)c1)c1ccc(C#N)cc1. The highest BCUT2D eigenvalue weighted by Crippen LogP contribution is 2.41. The molecule has 1 saturated carbocycles. The van der Waals surface area contributed by atoms with E-state index in [2.05, 4.69) is 11.4 Å². The molecule has 0 radical (unpaired) electrons. The van der Waals surface area contributed by atoms with Crippen molar-refractivity contribution in [2.24, 2.45) is 5.92 Å². The van der Waals surface area contributed by atoms with E-state index in [0.29, 0.717) is 28.5 Å². The molecule has 1 N–H and O–H groups in total. The predicted molar refractivity (Wildman–Crippen MR) is 119 cm³/mol. The van der Waals surface area contributed by atoms with Crippen LogP contribution in [0.25, 0.3) is 0 Å². The van der Waals surface area contributed by atoms with Crippen molar-refractivity contribution in [1.82, 2.24) is 10.2 Å². The molecule has 2 aromatic carbocycles. The number of fused-ring (bicyclic) bond motifs is 1. The Balaban J connectivity index is 1.56. The summed E-state index contributed by atoms with van der Waals surface area (Å²) in [4.78, 5) is 28.6. The van der Waals surface area contributed by atoms with Crippen molar-refractivity contribution in [3.63, 3.8) is 0 Å². The van der Waals surface area contributed by atoms with Crippen LogP contribution in [0, 0.1) is 17.2 Å². The number of carbonyl (C=O) groups excluding carboxylic acids is 2. The fourth-order valence-corrected chi connectivity index (χ4v) is 5.19. The lowest BCUT2D eigenvalue weighted by atomic mass is 9.84. The van der Waals surface area contributed by atoms with Gasteiger partial charge in [0.2, 0.25) is 5.91 Å². The van der Waals surface area contributed by atoms with Crippen molar-refractivity contribution in [3.05, 3.63) is 70.2 Å². The molecule has 1 aliphatic carbocycles. The molecule has 1 aliphatic heterocycles. The molecule has 1 saturated heterocycles. The van der Waals surface area contributed by atoms with Gasteiger partial charge in [-0.2, -0.15) is 5.26 Å². The van der Waals surface area contributed by atoms with Crippen molar-refractivity contribution in [3.8, 4) is 6.07 Å². The Hall–Kier alpha value is -2.84. The number of carbonyl (C=O) groups is 2. The summed E-state index contributed by atoms with van der Waals surface area (Å²) in [6.45, 7) is 1.92. The van der Waals surface area contributed by atoms with Gasteiger partial charge in [0.25, 0.3) is 5.91 Å². The maximum atomic E-state index is 13.5. The van der Waals surface area contributed by atoms with Gasteiger partial charge in [-0.25, -0.2) is 0 Å². The molecule has 160 valence electrons. The second-order valence-corrected chi connectivity index (χ2v) is 8.99. The van der Waals surface area contributed by atoms with Crippen molar-refractivity contribution in [2.45, 2.75) is 57.2 Å². The van der Waals surface area contributed by atoms with Crippen LogP contribution in [0.3, 0.4) is 0 Å². The topological polar surface area (TPSA) is 73.2 Å². The van der Waals surface area contributed by atoms with Crippen LogP contribution < -0.4 is 5.32 Å². The van der Waals surface area contributed by atoms with Gasteiger partial charge < -0.3 is 10.2 Å². The number of nitrogens with one attached hydrogen (secondary N) is 1. The molecule has 5 nitrogen and oxygen atoms in total. The van der Waals surface area contributed by atoms with Crippen molar-refractivity contribution in [1.29, 1.82) is 5.26 Å². The van der Waals surface area contributed by atoms with Crippen LogP contribution in [0.2, 0.25) is 5.02 Å². The van der Waals surface area contributed by atoms with Gasteiger partial charge in [0.15, 0.2) is 0 Å². The number of hydrogen-bond acceptors (Lipinski definition) is 3. The van der Waals surface area contributed by atoms with Gasteiger partial charge in [0.05, 0.1) is 17.7 Å². The molecule has 2 aliphatic rings. The van der Waals surface area contributed by atoms with E-state index in [-0.39, 0.29) is 23.9 Å². The van der Waals surface area contributed by atoms with Gasteiger partial charge in [0.1, 0.15) is 6.04 Å². The second-order valence-electron chi connectivity index (χ2n) is 8.55. The van der Waals surface area contributed by atoms with Gasteiger partial charge in [-0.3, -0.25) is 9.59 Å². The van der Waals surface area contributed by atoms with E-state index in [0.717, 1.165) is 31.2 Å². The minimum absolute atomic E-state index is 0.0983. The normalized spacial score (nSPS) is 23.5. The molecular weight excluding hydrogens is 410 g/mol. The van der Waals surface area contributed by atoms with E-state index in [1.54, 1.807) is 36.4 Å². The Bertz CT molecular complexity index is 1010. The highest BCUT2D eigenvalue weighted by atomic mass is 35.5. The van der Waals surface area contributed by atoms with Crippen LogP contribution in [0.15, 0.2) is 48.5 Å². The maximum absolute atomic E-state index is 13.5. The number of amides is 2. The lowest BCUT2D eigenvalue weighted by Crippen LogP contribution is -2.50. The first-order chi connectivity index (χ1) is 15.0. The summed E-state index contributed by atoms with van der Waals surface area (Å²) in [6.07, 6.45) is 4.92. The molecule has 2 aromatic rings. The number of hydrogen-bond donors (Lipinski definition) is 1. The monoisotopic (exact) mass is 435 g/mol. The Labute approximate surface area is 188 Å². The van der Waals surface area contributed by atoms with Gasteiger partial charge >= 0.3 is 0 Å². The molecule has 0 aromatic heterocycles. The van der Waals surface area contributed by atoms with Crippen molar-refractivity contribution >= 4 is 23.4 Å². The summed E-state index contributed by atoms with van der Waals surface area (Å²) in [5.41, 5.74) is 2.03. The third kappa shape index (κ3) is 4.45.